The Labute approximate surface area is 154 Å². The normalized spacial score (nSPS) is 18.1. The molecule has 1 atom stereocenters. The molecule has 1 N–H and O–H groups in total. The van der Waals surface area contributed by atoms with E-state index in [4.69, 9.17) is 9.72 Å². The molecule has 0 bridgehead atoms. The molecule has 2 heterocycles. The van der Waals surface area contributed by atoms with Gasteiger partial charge in [-0.3, -0.25) is 0 Å². The zero-order chi connectivity index (χ0) is 18.9. The zero-order valence-electron chi connectivity index (χ0n) is 16.1. The highest BCUT2D eigenvalue weighted by Gasteiger charge is 2.31. The summed E-state index contributed by atoms with van der Waals surface area (Å²) in [5, 5.41) is 3.15. The average Bonchev–Trinajstić information content (AvgIpc) is 2.59. The minimum Gasteiger partial charge on any atom is -0.444 e. The summed E-state index contributed by atoms with van der Waals surface area (Å²) in [6, 6.07) is 7.95. The van der Waals surface area contributed by atoms with Gasteiger partial charge < -0.3 is 19.9 Å². The van der Waals surface area contributed by atoms with Crippen LogP contribution >= 0.6 is 0 Å². The van der Waals surface area contributed by atoms with E-state index in [9.17, 15) is 4.79 Å². The number of rotatable bonds is 2. The Morgan fingerprint density at radius 1 is 1.19 bits per heavy atom. The van der Waals surface area contributed by atoms with Crippen LogP contribution in [0, 0.1) is 0 Å². The Kier molecular flexibility index (Phi) is 4.89. The van der Waals surface area contributed by atoms with E-state index in [1.165, 1.54) is 0 Å². The van der Waals surface area contributed by atoms with Gasteiger partial charge in [-0.25, -0.2) is 14.8 Å². The van der Waals surface area contributed by atoms with Gasteiger partial charge in [-0.1, -0.05) is 12.1 Å². The third-order valence-electron chi connectivity index (χ3n) is 4.34. The highest BCUT2D eigenvalue weighted by molar-refractivity contribution is 5.80. The highest BCUT2D eigenvalue weighted by Crippen LogP contribution is 2.28. The molecule has 1 amide bonds. The van der Waals surface area contributed by atoms with Crippen LogP contribution < -0.4 is 10.2 Å². The quantitative estimate of drug-likeness (QED) is 0.890. The second-order valence-corrected chi connectivity index (χ2v) is 7.60. The third kappa shape index (κ3) is 3.81. The van der Waals surface area contributed by atoms with E-state index >= 15 is 0 Å². The van der Waals surface area contributed by atoms with Gasteiger partial charge in [-0.2, -0.15) is 0 Å². The molecule has 0 radical (unpaired) electrons. The number of carbonyl (C=O) groups excluding carboxylic acids is 1. The molecule has 1 aromatic carbocycles. The van der Waals surface area contributed by atoms with E-state index < -0.39 is 5.60 Å². The predicted octanol–water partition coefficient (Wildman–Crippen LogP) is 3.12. The first-order valence-corrected chi connectivity index (χ1v) is 8.97. The predicted molar refractivity (Wildman–Crippen MR) is 104 cm³/mol. The number of ether oxygens (including phenoxy) is 1. The molecule has 1 unspecified atom stereocenters. The van der Waals surface area contributed by atoms with Gasteiger partial charge in [0.2, 0.25) is 0 Å². The van der Waals surface area contributed by atoms with E-state index in [0.29, 0.717) is 19.6 Å². The number of aromatic nitrogens is 2. The van der Waals surface area contributed by atoms with Gasteiger partial charge in [-0.05, 0) is 39.8 Å². The lowest BCUT2D eigenvalue weighted by Crippen LogP contribution is -2.55. The molecule has 0 aliphatic carbocycles. The maximum Gasteiger partial charge on any atom is 0.410 e. The molecule has 7 nitrogen and oxygen atoms in total. The summed E-state index contributed by atoms with van der Waals surface area (Å²) in [6.45, 7) is 9.61. The van der Waals surface area contributed by atoms with Crippen molar-refractivity contribution < 1.29 is 9.53 Å². The standard InChI is InChI=1S/C19H27N5O2/c1-13-12-23(18(25)26-19(2,3)4)10-11-24(13)17-16(20-5)21-14-8-6-7-9-15(14)22-17/h6-9,13H,10-12H2,1-5H3,(H,20,21). The van der Waals surface area contributed by atoms with Gasteiger partial charge in [0, 0.05) is 32.7 Å². The smallest absolute Gasteiger partial charge is 0.410 e. The molecule has 0 spiro atoms. The topological polar surface area (TPSA) is 70.6 Å². The van der Waals surface area contributed by atoms with Crippen LogP contribution in [0.1, 0.15) is 27.7 Å². The lowest BCUT2D eigenvalue weighted by Gasteiger charge is -2.41. The molecule has 3 rings (SSSR count). The summed E-state index contributed by atoms with van der Waals surface area (Å²) in [4.78, 5) is 25.8. The monoisotopic (exact) mass is 357 g/mol. The van der Waals surface area contributed by atoms with Gasteiger partial charge in [0.05, 0.1) is 11.0 Å². The first-order chi connectivity index (χ1) is 12.3. The van der Waals surface area contributed by atoms with Crippen molar-refractivity contribution >= 4 is 28.8 Å². The Morgan fingerprint density at radius 3 is 2.42 bits per heavy atom. The van der Waals surface area contributed by atoms with Crippen LogP contribution in [-0.4, -0.2) is 59.3 Å². The number of benzene rings is 1. The molecular formula is C19H27N5O2. The second-order valence-electron chi connectivity index (χ2n) is 7.60. The van der Waals surface area contributed by atoms with Crippen LogP contribution in [0.25, 0.3) is 11.0 Å². The van der Waals surface area contributed by atoms with E-state index in [-0.39, 0.29) is 12.1 Å². The summed E-state index contributed by atoms with van der Waals surface area (Å²) in [5.41, 5.74) is 1.24. The molecule has 0 saturated carbocycles. The van der Waals surface area contributed by atoms with Gasteiger partial charge in [0.15, 0.2) is 11.6 Å². The van der Waals surface area contributed by atoms with Crippen LogP contribution in [0.5, 0.6) is 0 Å². The van der Waals surface area contributed by atoms with Crippen molar-refractivity contribution in [3.05, 3.63) is 24.3 Å². The van der Waals surface area contributed by atoms with E-state index in [2.05, 4.69) is 22.1 Å². The number of hydrogen-bond acceptors (Lipinski definition) is 6. The van der Waals surface area contributed by atoms with Crippen molar-refractivity contribution in [1.82, 2.24) is 14.9 Å². The van der Waals surface area contributed by atoms with Crippen LogP contribution in [-0.2, 0) is 4.74 Å². The molecule has 7 heteroatoms. The number of nitrogens with zero attached hydrogens (tertiary/aromatic N) is 4. The Bertz CT molecular complexity index is 802. The molecule has 1 fully saturated rings. The lowest BCUT2D eigenvalue weighted by molar-refractivity contribution is 0.0218. The molecular weight excluding hydrogens is 330 g/mol. The number of nitrogens with one attached hydrogen (secondary N) is 1. The first-order valence-electron chi connectivity index (χ1n) is 8.97. The Hall–Kier alpha value is -2.57. The Morgan fingerprint density at radius 2 is 1.85 bits per heavy atom. The van der Waals surface area contributed by atoms with Crippen LogP contribution in [0.2, 0.25) is 0 Å². The molecule has 26 heavy (non-hydrogen) atoms. The van der Waals surface area contributed by atoms with Crippen LogP contribution in [0.4, 0.5) is 16.4 Å². The molecule has 140 valence electrons. The zero-order valence-corrected chi connectivity index (χ0v) is 16.1. The number of amides is 1. The van der Waals surface area contributed by atoms with E-state index in [1.54, 1.807) is 4.90 Å². The molecule has 1 aliphatic heterocycles. The molecule has 1 saturated heterocycles. The van der Waals surface area contributed by atoms with Crippen molar-refractivity contribution in [3.63, 3.8) is 0 Å². The fourth-order valence-electron chi connectivity index (χ4n) is 3.12. The Balaban J connectivity index is 1.81. The summed E-state index contributed by atoms with van der Waals surface area (Å²) >= 11 is 0. The molecule has 2 aromatic rings. The first kappa shape index (κ1) is 18.2. The van der Waals surface area contributed by atoms with Gasteiger partial charge in [0.1, 0.15) is 5.60 Å². The van der Waals surface area contributed by atoms with Crippen molar-refractivity contribution in [2.24, 2.45) is 0 Å². The number of piperazine rings is 1. The van der Waals surface area contributed by atoms with Crippen LogP contribution in [0.15, 0.2) is 24.3 Å². The fraction of sp³-hybridized carbons (Fsp3) is 0.526. The number of fused-ring (bicyclic) bond motifs is 1. The lowest BCUT2D eigenvalue weighted by atomic mass is 10.2. The van der Waals surface area contributed by atoms with Gasteiger partial charge in [-0.15, -0.1) is 0 Å². The van der Waals surface area contributed by atoms with Crippen LogP contribution in [0.3, 0.4) is 0 Å². The number of anilines is 2. The maximum atomic E-state index is 12.3. The number of para-hydroxylation sites is 2. The number of hydrogen-bond donors (Lipinski definition) is 1. The maximum absolute atomic E-state index is 12.3. The largest absolute Gasteiger partial charge is 0.444 e. The van der Waals surface area contributed by atoms with Crippen molar-refractivity contribution in [2.45, 2.75) is 39.3 Å². The minimum absolute atomic E-state index is 0.110. The summed E-state index contributed by atoms with van der Waals surface area (Å²) in [6.07, 6.45) is -0.262. The molecule has 1 aromatic heterocycles. The summed E-state index contributed by atoms with van der Waals surface area (Å²) in [7, 11) is 1.85. The summed E-state index contributed by atoms with van der Waals surface area (Å²) < 4.78 is 5.50. The fourth-order valence-corrected chi connectivity index (χ4v) is 3.12. The SMILES string of the molecule is CNc1nc2ccccc2nc1N1CCN(C(=O)OC(C)(C)C)CC1C. The van der Waals surface area contributed by atoms with Gasteiger partial charge in [0.25, 0.3) is 0 Å². The minimum atomic E-state index is -0.486. The second kappa shape index (κ2) is 6.97. The van der Waals surface area contributed by atoms with Crippen molar-refractivity contribution in [2.75, 3.05) is 36.9 Å². The van der Waals surface area contributed by atoms with Crippen molar-refractivity contribution in [3.8, 4) is 0 Å². The number of carbonyl (C=O) groups is 1. The van der Waals surface area contributed by atoms with E-state index in [1.807, 2.05) is 52.1 Å². The highest BCUT2D eigenvalue weighted by atomic mass is 16.6. The van der Waals surface area contributed by atoms with Gasteiger partial charge >= 0.3 is 6.09 Å². The molecule has 1 aliphatic rings. The van der Waals surface area contributed by atoms with E-state index in [0.717, 1.165) is 22.7 Å². The average molecular weight is 357 g/mol. The summed E-state index contributed by atoms with van der Waals surface area (Å²) in [5.74, 6) is 1.57. The third-order valence-corrected chi connectivity index (χ3v) is 4.34. The van der Waals surface area contributed by atoms with Crippen molar-refractivity contribution in [1.29, 1.82) is 0 Å².